The van der Waals surface area contributed by atoms with Gasteiger partial charge in [0, 0.05) is 73.5 Å². The molecule has 0 bridgehead atoms. The van der Waals surface area contributed by atoms with E-state index in [9.17, 15) is 0 Å². The highest BCUT2D eigenvalue weighted by molar-refractivity contribution is 7.26. The van der Waals surface area contributed by atoms with Crippen molar-refractivity contribution in [3.63, 3.8) is 0 Å². The molecule has 0 unspecified atom stereocenters. The van der Waals surface area contributed by atoms with Crippen molar-refractivity contribution in [2.24, 2.45) is 0 Å². The number of hydrogen-bond donors (Lipinski definition) is 0. The molecule has 0 saturated carbocycles. The molecule has 6 heteroatoms. The Morgan fingerprint density at radius 1 is 0.316 bits per heavy atom. The highest BCUT2D eigenvalue weighted by atomic mass is 32.1. The summed E-state index contributed by atoms with van der Waals surface area (Å²) in [5.74, 6) is 1.93. The maximum absolute atomic E-state index is 5.16. The zero-order valence-corrected chi connectivity index (χ0v) is 32.1. The maximum Gasteiger partial charge on any atom is 0.164 e. The summed E-state index contributed by atoms with van der Waals surface area (Å²) in [6.07, 6.45) is 0. The van der Waals surface area contributed by atoms with E-state index in [2.05, 4.69) is 180 Å². The Bertz CT molecular complexity index is 3510. The van der Waals surface area contributed by atoms with Crippen LogP contribution in [-0.2, 0) is 0 Å². The van der Waals surface area contributed by atoms with Crippen LogP contribution >= 0.6 is 22.7 Å². The van der Waals surface area contributed by atoms with Crippen LogP contribution in [0.25, 0.3) is 113 Å². The van der Waals surface area contributed by atoms with Gasteiger partial charge in [-0.1, -0.05) is 109 Å². The van der Waals surface area contributed by atoms with Gasteiger partial charge in [0.2, 0.25) is 0 Å². The second kappa shape index (κ2) is 12.8. The summed E-state index contributed by atoms with van der Waals surface area (Å²) >= 11 is 3.67. The molecular weight excluding hydrogens is 733 g/mol. The largest absolute Gasteiger partial charge is 0.309 e. The van der Waals surface area contributed by atoms with Crippen LogP contribution < -0.4 is 0 Å². The van der Waals surface area contributed by atoms with E-state index in [0.717, 1.165) is 27.9 Å². The van der Waals surface area contributed by atoms with E-state index in [0.29, 0.717) is 17.5 Å². The van der Waals surface area contributed by atoms with Gasteiger partial charge >= 0.3 is 0 Å². The first-order chi connectivity index (χ1) is 28.2. The minimum atomic E-state index is 0.637. The van der Waals surface area contributed by atoms with E-state index in [1.807, 2.05) is 28.7 Å². The van der Waals surface area contributed by atoms with Gasteiger partial charge in [0.15, 0.2) is 17.5 Å². The Labute approximate surface area is 335 Å². The minimum absolute atomic E-state index is 0.637. The van der Waals surface area contributed by atoms with Gasteiger partial charge in [-0.25, -0.2) is 15.0 Å². The molecule has 0 radical (unpaired) electrons. The van der Waals surface area contributed by atoms with E-state index in [-0.39, 0.29) is 0 Å². The Kier molecular flexibility index (Phi) is 7.24. The standard InChI is InChI=1S/C51H30N4S2/c1-2-10-31(11-3-1)32-18-20-33(21-19-32)49-52-50(54-51(53-49)35-24-28-45-40(30-35)37-12-5-8-16-43(37)56-45)34-22-25-36(26-23-34)55-41-15-7-4-13-38(41)47-42(55)27-29-46-48(47)39-14-6-9-17-44(39)57-46/h1-30H. The molecule has 0 spiro atoms. The van der Waals surface area contributed by atoms with Gasteiger partial charge < -0.3 is 4.57 Å². The number of benzene rings is 8. The molecule has 8 aromatic carbocycles. The van der Waals surface area contributed by atoms with E-state index in [4.69, 9.17) is 15.0 Å². The molecule has 4 nitrogen and oxygen atoms in total. The number of nitrogens with zero attached hydrogens (tertiary/aromatic N) is 4. The number of rotatable bonds is 5. The zero-order chi connectivity index (χ0) is 37.5. The monoisotopic (exact) mass is 762 g/mol. The number of fused-ring (bicyclic) bond motifs is 10. The first kappa shape index (κ1) is 32.3. The van der Waals surface area contributed by atoms with E-state index >= 15 is 0 Å². The lowest BCUT2D eigenvalue weighted by molar-refractivity contribution is 1.07. The second-order valence-corrected chi connectivity index (χ2v) is 16.6. The van der Waals surface area contributed by atoms with Crippen molar-refractivity contribution in [3.05, 3.63) is 182 Å². The maximum atomic E-state index is 5.16. The van der Waals surface area contributed by atoms with Gasteiger partial charge in [0.1, 0.15) is 0 Å². The van der Waals surface area contributed by atoms with Crippen LogP contribution in [0, 0.1) is 0 Å². The Balaban J connectivity index is 1.01. The van der Waals surface area contributed by atoms with Crippen LogP contribution in [0.1, 0.15) is 0 Å². The van der Waals surface area contributed by atoms with Gasteiger partial charge in [0.05, 0.1) is 11.0 Å². The normalized spacial score (nSPS) is 11.9. The average Bonchev–Trinajstić information content (AvgIpc) is 3.96. The Morgan fingerprint density at radius 3 is 1.58 bits per heavy atom. The van der Waals surface area contributed by atoms with Crippen LogP contribution in [0.3, 0.4) is 0 Å². The minimum Gasteiger partial charge on any atom is -0.309 e. The van der Waals surface area contributed by atoms with Gasteiger partial charge in [-0.3, -0.25) is 0 Å². The lowest BCUT2D eigenvalue weighted by Crippen LogP contribution is -2.00. The highest BCUT2D eigenvalue weighted by Crippen LogP contribution is 2.43. The zero-order valence-electron chi connectivity index (χ0n) is 30.4. The van der Waals surface area contributed by atoms with Crippen molar-refractivity contribution in [3.8, 4) is 51.0 Å². The molecule has 0 fully saturated rings. The summed E-state index contributed by atoms with van der Waals surface area (Å²) in [6, 6.07) is 64.8. The van der Waals surface area contributed by atoms with Crippen molar-refractivity contribution in [1.82, 2.24) is 19.5 Å². The molecule has 57 heavy (non-hydrogen) atoms. The first-order valence-electron chi connectivity index (χ1n) is 19.0. The smallest absolute Gasteiger partial charge is 0.164 e. The summed E-state index contributed by atoms with van der Waals surface area (Å²) in [7, 11) is 0. The first-order valence-corrected chi connectivity index (χ1v) is 20.6. The predicted octanol–water partition coefficient (Wildman–Crippen LogP) is 14.4. The van der Waals surface area contributed by atoms with Crippen LogP contribution in [-0.4, -0.2) is 19.5 Å². The average molecular weight is 763 g/mol. The van der Waals surface area contributed by atoms with Gasteiger partial charge in [0.25, 0.3) is 0 Å². The summed E-state index contributed by atoms with van der Waals surface area (Å²) in [5.41, 5.74) is 8.62. The number of aromatic nitrogens is 4. The summed E-state index contributed by atoms with van der Waals surface area (Å²) in [6.45, 7) is 0. The number of thiophene rings is 2. The van der Waals surface area contributed by atoms with E-state index < -0.39 is 0 Å². The quantitative estimate of drug-likeness (QED) is 0.175. The Morgan fingerprint density at radius 2 is 0.825 bits per heavy atom. The number of para-hydroxylation sites is 1. The third-order valence-corrected chi connectivity index (χ3v) is 13.4. The summed E-state index contributed by atoms with van der Waals surface area (Å²) in [5, 5.41) is 7.65. The molecule has 0 amide bonds. The predicted molar refractivity (Wildman–Crippen MR) is 242 cm³/mol. The van der Waals surface area contributed by atoms with Crippen molar-refractivity contribution in [1.29, 1.82) is 0 Å². The molecule has 0 aliphatic rings. The van der Waals surface area contributed by atoms with E-state index in [1.165, 1.54) is 67.7 Å². The van der Waals surface area contributed by atoms with Crippen molar-refractivity contribution in [2.75, 3.05) is 0 Å². The van der Waals surface area contributed by atoms with Gasteiger partial charge in [-0.05, 0) is 83.9 Å². The van der Waals surface area contributed by atoms with Crippen molar-refractivity contribution >= 4 is 84.8 Å². The molecule has 0 N–H and O–H groups in total. The molecule has 0 aliphatic heterocycles. The van der Waals surface area contributed by atoms with Crippen molar-refractivity contribution < 1.29 is 0 Å². The third-order valence-electron chi connectivity index (χ3n) is 11.1. The third kappa shape index (κ3) is 5.22. The fraction of sp³-hybridized carbons (Fsp3) is 0. The molecule has 12 aromatic rings. The molecular formula is C51H30N4S2. The van der Waals surface area contributed by atoms with Crippen LogP contribution in [0.5, 0.6) is 0 Å². The molecule has 0 atom stereocenters. The fourth-order valence-electron chi connectivity index (χ4n) is 8.38. The van der Waals surface area contributed by atoms with Crippen LogP contribution in [0.2, 0.25) is 0 Å². The fourth-order valence-corrected chi connectivity index (χ4v) is 10.6. The molecule has 266 valence electrons. The molecule has 12 rings (SSSR count). The highest BCUT2D eigenvalue weighted by Gasteiger charge is 2.19. The lowest BCUT2D eigenvalue weighted by Gasteiger charge is -2.11. The van der Waals surface area contributed by atoms with Crippen molar-refractivity contribution in [2.45, 2.75) is 0 Å². The molecule has 0 aliphatic carbocycles. The molecule has 4 aromatic heterocycles. The number of hydrogen-bond acceptors (Lipinski definition) is 5. The second-order valence-electron chi connectivity index (χ2n) is 14.4. The topological polar surface area (TPSA) is 43.6 Å². The van der Waals surface area contributed by atoms with Gasteiger partial charge in [-0.2, -0.15) is 0 Å². The van der Waals surface area contributed by atoms with Gasteiger partial charge in [-0.15, -0.1) is 22.7 Å². The summed E-state index contributed by atoms with van der Waals surface area (Å²) < 4.78 is 7.53. The van der Waals surface area contributed by atoms with E-state index in [1.54, 1.807) is 0 Å². The SMILES string of the molecule is c1ccc(-c2ccc(-c3nc(-c4ccc(-n5c6ccccc6c6c7c(ccc65)sc5ccccc57)cc4)nc(-c4ccc5sc6ccccc6c5c4)n3)cc2)cc1. The molecule has 4 heterocycles. The molecule has 0 saturated heterocycles. The summed E-state index contributed by atoms with van der Waals surface area (Å²) in [4.78, 5) is 15.4. The lowest BCUT2D eigenvalue weighted by atomic mass is 10.0. The van der Waals surface area contributed by atoms with Crippen LogP contribution in [0.4, 0.5) is 0 Å². The van der Waals surface area contributed by atoms with Crippen LogP contribution in [0.15, 0.2) is 182 Å². The Hall–Kier alpha value is -6.99.